The zero-order valence-corrected chi connectivity index (χ0v) is 14.0. The summed E-state index contributed by atoms with van der Waals surface area (Å²) >= 11 is 0. The van der Waals surface area contributed by atoms with E-state index in [1.54, 1.807) is 4.90 Å². The molecule has 1 amide bonds. The first kappa shape index (κ1) is 18.5. The Labute approximate surface area is 123 Å². The lowest BCUT2D eigenvalue weighted by atomic mass is 10.1. The summed E-state index contributed by atoms with van der Waals surface area (Å²) in [5, 5.41) is 0. The van der Waals surface area contributed by atoms with Crippen LogP contribution in [-0.4, -0.2) is 16.6 Å². The van der Waals surface area contributed by atoms with Gasteiger partial charge in [-0.05, 0) is 31.9 Å². The quantitative estimate of drug-likeness (QED) is 0.669. The van der Waals surface area contributed by atoms with Crippen LogP contribution in [0, 0.1) is 0 Å². The molecule has 0 spiro atoms. The smallest absolute Gasteiger partial charge is 0.410 e. The van der Waals surface area contributed by atoms with E-state index in [2.05, 4.69) is 12.1 Å². The van der Waals surface area contributed by atoms with Crippen molar-refractivity contribution < 1.29 is 9.53 Å². The maximum Gasteiger partial charge on any atom is 0.410 e. The largest absolute Gasteiger partial charge is 0.444 e. The number of fused-ring (bicyclic) bond motifs is 1. The Morgan fingerprint density at radius 2 is 1.40 bits per heavy atom. The van der Waals surface area contributed by atoms with E-state index in [4.69, 9.17) is 4.74 Å². The third kappa shape index (κ3) is 5.64. The molecule has 1 aliphatic heterocycles. The fourth-order valence-electron chi connectivity index (χ4n) is 1.79. The lowest BCUT2D eigenvalue weighted by Crippen LogP contribution is -2.33. The van der Waals surface area contributed by atoms with Crippen LogP contribution in [0.2, 0.25) is 0 Å². The first-order valence-electron chi connectivity index (χ1n) is 7.50. The lowest BCUT2D eigenvalue weighted by molar-refractivity contribution is 0.0242. The van der Waals surface area contributed by atoms with E-state index < -0.39 is 5.60 Å². The van der Waals surface area contributed by atoms with Gasteiger partial charge in [0.05, 0.1) is 0 Å². The summed E-state index contributed by atoms with van der Waals surface area (Å²) in [4.78, 5) is 13.6. The van der Waals surface area contributed by atoms with Gasteiger partial charge in [-0.3, -0.25) is 4.90 Å². The summed E-state index contributed by atoms with van der Waals surface area (Å²) in [7, 11) is 0. The van der Waals surface area contributed by atoms with E-state index in [-0.39, 0.29) is 6.09 Å². The standard InChI is InChI=1S/C13H17NO2.2C2H6/c1-13(2,3)16-12(15)14-8-10-6-4-5-7-11(10)9-14;2*1-2/h4-7H,8-9H2,1-3H3;2*1-2H3. The average Bonchev–Trinajstić information content (AvgIpc) is 2.85. The van der Waals surface area contributed by atoms with Crippen molar-refractivity contribution >= 4 is 6.09 Å². The molecule has 3 nitrogen and oxygen atoms in total. The minimum Gasteiger partial charge on any atom is -0.444 e. The number of amides is 1. The molecule has 114 valence electrons. The summed E-state index contributed by atoms with van der Waals surface area (Å²) in [6.07, 6.45) is -0.233. The maximum atomic E-state index is 11.8. The first-order chi connectivity index (χ1) is 9.46. The lowest BCUT2D eigenvalue weighted by Gasteiger charge is -2.24. The Morgan fingerprint density at radius 1 is 1.00 bits per heavy atom. The summed E-state index contributed by atoms with van der Waals surface area (Å²) < 4.78 is 5.34. The van der Waals surface area contributed by atoms with Crippen molar-refractivity contribution in [1.29, 1.82) is 0 Å². The zero-order valence-electron chi connectivity index (χ0n) is 14.0. The van der Waals surface area contributed by atoms with Crippen molar-refractivity contribution in [1.82, 2.24) is 4.90 Å². The molecule has 0 saturated heterocycles. The number of carbonyl (C=O) groups excluding carboxylic acids is 1. The Morgan fingerprint density at radius 3 is 1.75 bits per heavy atom. The molecule has 0 aromatic heterocycles. The minimum atomic E-state index is -0.425. The summed E-state index contributed by atoms with van der Waals surface area (Å²) in [5.41, 5.74) is 2.01. The van der Waals surface area contributed by atoms with Gasteiger partial charge >= 0.3 is 6.09 Å². The van der Waals surface area contributed by atoms with Gasteiger partial charge in [-0.1, -0.05) is 52.0 Å². The monoisotopic (exact) mass is 279 g/mol. The van der Waals surface area contributed by atoms with Crippen LogP contribution < -0.4 is 0 Å². The Kier molecular flexibility index (Phi) is 7.97. The van der Waals surface area contributed by atoms with Crippen molar-refractivity contribution in [3.05, 3.63) is 35.4 Å². The summed E-state index contributed by atoms with van der Waals surface area (Å²) in [6, 6.07) is 8.11. The van der Waals surface area contributed by atoms with Gasteiger partial charge in [-0.25, -0.2) is 4.79 Å². The molecular formula is C17H29NO2. The molecule has 1 heterocycles. The molecule has 1 aliphatic rings. The van der Waals surface area contributed by atoms with Crippen LogP contribution in [0.25, 0.3) is 0 Å². The highest BCUT2D eigenvalue weighted by atomic mass is 16.6. The molecule has 2 rings (SSSR count). The fraction of sp³-hybridized carbons (Fsp3) is 0.588. The van der Waals surface area contributed by atoms with Gasteiger partial charge in [-0.15, -0.1) is 0 Å². The number of hydrogen-bond acceptors (Lipinski definition) is 2. The molecule has 1 aromatic carbocycles. The molecule has 0 atom stereocenters. The molecule has 20 heavy (non-hydrogen) atoms. The van der Waals surface area contributed by atoms with Crippen molar-refractivity contribution in [2.75, 3.05) is 0 Å². The second-order valence-corrected chi connectivity index (χ2v) is 5.11. The molecule has 1 aromatic rings. The molecular weight excluding hydrogens is 250 g/mol. The predicted molar refractivity (Wildman–Crippen MR) is 84.6 cm³/mol. The van der Waals surface area contributed by atoms with Crippen molar-refractivity contribution in [3.8, 4) is 0 Å². The van der Waals surface area contributed by atoms with Crippen LogP contribution in [0.3, 0.4) is 0 Å². The van der Waals surface area contributed by atoms with Gasteiger partial charge < -0.3 is 4.74 Å². The Hall–Kier alpha value is -1.51. The van der Waals surface area contributed by atoms with Crippen LogP contribution in [0.4, 0.5) is 4.79 Å². The normalized spacial score (nSPS) is 12.4. The van der Waals surface area contributed by atoms with E-state index in [1.807, 2.05) is 60.6 Å². The molecule has 0 bridgehead atoms. The topological polar surface area (TPSA) is 29.5 Å². The second kappa shape index (κ2) is 8.62. The number of hydrogen-bond donors (Lipinski definition) is 0. The van der Waals surface area contributed by atoms with Gasteiger partial charge in [0.1, 0.15) is 5.60 Å². The number of ether oxygens (including phenoxy) is 1. The molecule has 0 fully saturated rings. The van der Waals surface area contributed by atoms with Gasteiger partial charge in [0, 0.05) is 13.1 Å². The van der Waals surface area contributed by atoms with Crippen molar-refractivity contribution in [2.45, 2.75) is 67.2 Å². The number of benzene rings is 1. The van der Waals surface area contributed by atoms with E-state index in [0.717, 1.165) is 0 Å². The molecule has 0 unspecified atom stereocenters. The number of rotatable bonds is 0. The van der Waals surface area contributed by atoms with E-state index in [1.165, 1.54) is 11.1 Å². The van der Waals surface area contributed by atoms with Crippen LogP contribution in [0.15, 0.2) is 24.3 Å². The third-order valence-electron chi connectivity index (χ3n) is 2.49. The van der Waals surface area contributed by atoms with Crippen LogP contribution >= 0.6 is 0 Å². The predicted octanol–water partition coefficient (Wildman–Crippen LogP) is 4.99. The van der Waals surface area contributed by atoms with E-state index >= 15 is 0 Å². The molecule has 0 radical (unpaired) electrons. The first-order valence-corrected chi connectivity index (χ1v) is 7.50. The minimum absolute atomic E-state index is 0.233. The molecule has 0 aliphatic carbocycles. The van der Waals surface area contributed by atoms with Crippen molar-refractivity contribution in [2.24, 2.45) is 0 Å². The van der Waals surface area contributed by atoms with Gasteiger partial charge in [-0.2, -0.15) is 0 Å². The van der Waals surface area contributed by atoms with E-state index in [9.17, 15) is 4.79 Å². The van der Waals surface area contributed by atoms with Crippen LogP contribution in [0.5, 0.6) is 0 Å². The van der Waals surface area contributed by atoms with Gasteiger partial charge in [0.25, 0.3) is 0 Å². The highest BCUT2D eigenvalue weighted by Crippen LogP contribution is 2.23. The SMILES string of the molecule is CC.CC.CC(C)(C)OC(=O)N1Cc2ccccc2C1. The second-order valence-electron chi connectivity index (χ2n) is 5.11. The maximum absolute atomic E-state index is 11.8. The third-order valence-corrected chi connectivity index (χ3v) is 2.49. The number of nitrogens with zero attached hydrogens (tertiary/aromatic N) is 1. The van der Waals surface area contributed by atoms with Gasteiger partial charge in [0.2, 0.25) is 0 Å². The summed E-state index contributed by atoms with van der Waals surface area (Å²) in [6.45, 7) is 15.0. The summed E-state index contributed by atoms with van der Waals surface area (Å²) in [5.74, 6) is 0. The highest BCUT2D eigenvalue weighted by molar-refractivity contribution is 5.69. The Bertz CT molecular complexity index is 383. The Balaban J connectivity index is 0.000000829. The highest BCUT2D eigenvalue weighted by Gasteiger charge is 2.27. The van der Waals surface area contributed by atoms with Crippen molar-refractivity contribution in [3.63, 3.8) is 0 Å². The van der Waals surface area contributed by atoms with Crippen LogP contribution in [-0.2, 0) is 17.8 Å². The molecule has 0 N–H and O–H groups in total. The average molecular weight is 279 g/mol. The van der Waals surface area contributed by atoms with Crippen LogP contribution in [0.1, 0.15) is 59.6 Å². The van der Waals surface area contributed by atoms with E-state index in [0.29, 0.717) is 13.1 Å². The molecule has 0 saturated carbocycles. The number of carbonyl (C=O) groups is 1. The van der Waals surface area contributed by atoms with Gasteiger partial charge in [0.15, 0.2) is 0 Å². The molecule has 3 heteroatoms. The zero-order chi connectivity index (χ0) is 15.8. The fourth-order valence-corrected chi connectivity index (χ4v) is 1.79.